The van der Waals surface area contributed by atoms with Gasteiger partial charge in [-0.3, -0.25) is 0 Å². The number of aliphatic hydroxyl groups excluding tert-OH is 1. The molecule has 0 heterocycles. The van der Waals surface area contributed by atoms with Gasteiger partial charge in [0.2, 0.25) is 0 Å². The van der Waals surface area contributed by atoms with Crippen LogP contribution in [0.1, 0.15) is 5.56 Å². The Labute approximate surface area is 83.2 Å². The van der Waals surface area contributed by atoms with Crippen molar-refractivity contribution < 1.29 is 9.84 Å². The number of nitrogens with zero attached hydrogens (tertiary/aromatic N) is 1. The van der Waals surface area contributed by atoms with Gasteiger partial charge in [0, 0.05) is 0 Å². The molecule has 0 aliphatic carbocycles. The molecule has 0 bridgehead atoms. The SMILES string of the molecule is COc1ccc(/C=N/NCCO)cc1. The van der Waals surface area contributed by atoms with Gasteiger partial charge < -0.3 is 15.3 Å². The van der Waals surface area contributed by atoms with Crippen LogP contribution < -0.4 is 10.2 Å². The zero-order valence-electron chi connectivity index (χ0n) is 8.10. The number of nitrogens with one attached hydrogen (secondary N) is 1. The van der Waals surface area contributed by atoms with Crippen molar-refractivity contribution >= 4 is 6.21 Å². The van der Waals surface area contributed by atoms with Gasteiger partial charge in [0.05, 0.1) is 26.5 Å². The van der Waals surface area contributed by atoms with Crippen LogP contribution >= 0.6 is 0 Å². The van der Waals surface area contributed by atoms with E-state index in [1.807, 2.05) is 24.3 Å². The van der Waals surface area contributed by atoms with Crippen molar-refractivity contribution in [3.8, 4) is 5.75 Å². The van der Waals surface area contributed by atoms with Crippen LogP contribution in [0.2, 0.25) is 0 Å². The zero-order valence-corrected chi connectivity index (χ0v) is 8.10. The molecule has 0 aliphatic heterocycles. The first-order chi connectivity index (χ1) is 6.86. The van der Waals surface area contributed by atoms with E-state index in [9.17, 15) is 0 Å². The summed E-state index contributed by atoms with van der Waals surface area (Å²) in [6, 6.07) is 7.55. The summed E-state index contributed by atoms with van der Waals surface area (Å²) < 4.78 is 5.02. The molecule has 1 rings (SSSR count). The second-order valence-electron chi connectivity index (χ2n) is 2.66. The summed E-state index contributed by atoms with van der Waals surface area (Å²) in [5.41, 5.74) is 3.68. The van der Waals surface area contributed by atoms with Gasteiger partial charge in [-0.15, -0.1) is 0 Å². The van der Waals surface area contributed by atoms with Crippen molar-refractivity contribution in [1.82, 2.24) is 5.43 Å². The van der Waals surface area contributed by atoms with Crippen molar-refractivity contribution in [2.75, 3.05) is 20.3 Å². The Morgan fingerprint density at radius 3 is 2.71 bits per heavy atom. The van der Waals surface area contributed by atoms with Gasteiger partial charge >= 0.3 is 0 Å². The fourth-order valence-corrected chi connectivity index (χ4v) is 0.925. The third-order valence-electron chi connectivity index (χ3n) is 1.64. The Morgan fingerprint density at radius 1 is 1.43 bits per heavy atom. The minimum Gasteiger partial charge on any atom is -0.497 e. The minimum atomic E-state index is 0.0833. The summed E-state index contributed by atoms with van der Waals surface area (Å²) in [5, 5.41) is 12.4. The highest BCUT2D eigenvalue weighted by Gasteiger charge is 1.89. The Balaban J connectivity index is 2.47. The normalized spacial score (nSPS) is 10.4. The molecule has 0 aliphatic rings. The van der Waals surface area contributed by atoms with E-state index >= 15 is 0 Å². The Morgan fingerprint density at radius 2 is 2.14 bits per heavy atom. The van der Waals surface area contributed by atoms with Crippen molar-refractivity contribution in [3.05, 3.63) is 29.8 Å². The van der Waals surface area contributed by atoms with Crippen LogP contribution in [-0.2, 0) is 0 Å². The van der Waals surface area contributed by atoms with Gasteiger partial charge in [-0.2, -0.15) is 5.10 Å². The summed E-state index contributed by atoms with van der Waals surface area (Å²) in [5.74, 6) is 0.825. The molecule has 4 heteroatoms. The van der Waals surface area contributed by atoms with E-state index in [0.29, 0.717) is 6.54 Å². The van der Waals surface area contributed by atoms with Gasteiger partial charge in [-0.05, 0) is 29.8 Å². The molecule has 1 aromatic rings. The van der Waals surface area contributed by atoms with Crippen LogP contribution in [0.25, 0.3) is 0 Å². The van der Waals surface area contributed by atoms with Crippen molar-refractivity contribution in [2.45, 2.75) is 0 Å². The molecule has 0 saturated heterocycles. The first-order valence-electron chi connectivity index (χ1n) is 4.37. The van der Waals surface area contributed by atoms with E-state index < -0.39 is 0 Å². The van der Waals surface area contributed by atoms with Crippen LogP contribution in [0.15, 0.2) is 29.4 Å². The highest BCUT2D eigenvalue weighted by molar-refractivity contribution is 5.79. The van der Waals surface area contributed by atoms with Gasteiger partial charge in [0.1, 0.15) is 5.75 Å². The maximum absolute atomic E-state index is 8.48. The van der Waals surface area contributed by atoms with Crippen molar-refractivity contribution in [2.24, 2.45) is 5.10 Å². The highest BCUT2D eigenvalue weighted by Crippen LogP contribution is 2.09. The summed E-state index contributed by atoms with van der Waals surface area (Å²) >= 11 is 0. The molecule has 0 unspecified atom stereocenters. The first kappa shape index (κ1) is 10.5. The molecule has 14 heavy (non-hydrogen) atoms. The van der Waals surface area contributed by atoms with E-state index in [0.717, 1.165) is 11.3 Å². The standard InChI is InChI=1S/C10H14N2O2/c1-14-10-4-2-9(3-5-10)8-12-11-6-7-13/h2-5,8,11,13H,6-7H2,1H3/b12-8+. The number of methoxy groups -OCH3 is 1. The van der Waals surface area contributed by atoms with E-state index in [1.54, 1.807) is 13.3 Å². The fourth-order valence-electron chi connectivity index (χ4n) is 0.925. The lowest BCUT2D eigenvalue weighted by atomic mass is 10.2. The molecular weight excluding hydrogens is 180 g/mol. The first-order valence-corrected chi connectivity index (χ1v) is 4.37. The molecule has 0 saturated carbocycles. The molecule has 1 aromatic carbocycles. The lowest BCUT2D eigenvalue weighted by Gasteiger charge is -1.99. The number of aliphatic hydroxyl groups is 1. The van der Waals surface area contributed by atoms with Gasteiger partial charge in [-0.25, -0.2) is 0 Å². The molecule has 0 fully saturated rings. The van der Waals surface area contributed by atoms with Gasteiger partial charge in [0.25, 0.3) is 0 Å². The monoisotopic (exact) mass is 194 g/mol. The predicted molar refractivity (Wildman–Crippen MR) is 55.7 cm³/mol. The largest absolute Gasteiger partial charge is 0.497 e. The number of hydrazone groups is 1. The summed E-state index contributed by atoms with van der Waals surface area (Å²) in [6.45, 7) is 0.548. The number of hydrogen-bond donors (Lipinski definition) is 2. The van der Waals surface area contributed by atoms with E-state index in [4.69, 9.17) is 9.84 Å². The van der Waals surface area contributed by atoms with Crippen LogP contribution in [0.4, 0.5) is 0 Å². The molecule has 0 atom stereocenters. The van der Waals surface area contributed by atoms with E-state index in [1.165, 1.54) is 0 Å². The molecule has 0 radical (unpaired) electrons. The quantitative estimate of drug-likeness (QED) is 0.410. The van der Waals surface area contributed by atoms with Crippen LogP contribution in [0.5, 0.6) is 5.75 Å². The second-order valence-corrected chi connectivity index (χ2v) is 2.66. The maximum atomic E-state index is 8.48. The molecule has 0 amide bonds. The third-order valence-corrected chi connectivity index (χ3v) is 1.64. The summed E-state index contributed by atoms with van der Waals surface area (Å²) in [6.07, 6.45) is 1.69. The minimum absolute atomic E-state index is 0.0833. The zero-order chi connectivity index (χ0) is 10.2. The fraction of sp³-hybridized carbons (Fsp3) is 0.300. The smallest absolute Gasteiger partial charge is 0.118 e. The Hall–Kier alpha value is -1.55. The Bertz CT molecular complexity index is 283. The highest BCUT2D eigenvalue weighted by atomic mass is 16.5. The molecule has 4 nitrogen and oxygen atoms in total. The molecule has 0 spiro atoms. The van der Waals surface area contributed by atoms with E-state index in [-0.39, 0.29) is 6.61 Å². The maximum Gasteiger partial charge on any atom is 0.118 e. The molecule has 0 aromatic heterocycles. The van der Waals surface area contributed by atoms with Crippen LogP contribution in [0, 0.1) is 0 Å². The topological polar surface area (TPSA) is 53.8 Å². The summed E-state index contributed by atoms with van der Waals surface area (Å²) in [4.78, 5) is 0. The van der Waals surface area contributed by atoms with Crippen molar-refractivity contribution in [3.63, 3.8) is 0 Å². The number of benzene rings is 1. The van der Waals surface area contributed by atoms with Crippen LogP contribution in [-0.4, -0.2) is 31.6 Å². The number of ether oxygens (including phenoxy) is 1. The number of hydrogen-bond acceptors (Lipinski definition) is 4. The van der Waals surface area contributed by atoms with Crippen molar-refractivity contribution in [1.29, 1.82) is 0 Å². The molecule has 2 N–H and O–H groups in total. The average Bonchev–Trinajstić information content (AvgIpc) is 2.25. The molecular formula is C10H14N2O2. The lowest BCUT2D eigenvalue weighted by molar-refractivity contribution is 0.294. The lowest BCUT2D eigenvalue weighted by Crippen LogP contribution is -2.11. The molecule has 76 valence electrons. The van der Waals surface area contributed by atoms with Gasteiger partial charge in [-0.1, -0.05) is 0 Å². The van der Waals surface area contributed by atoms with Crippen LogP contribution in [0.3, 0.4) is 0 Å². The van der Waals surface area contributed by atoms with E-state index in [2.05, 4.69) is 10.5 Å². The average molecular weight is 194 g/mol. The summed E-state index contributed by atoms with van der Waals surface area (Å²) in [7, 11) is 1.63. The third kappa shape index (κ3) is 3.45. The van der Waals surface area contributed by atoms with Gasteiger partial charge in [0.15, 0.2) is 0 Å². The second kappa shape index (κ2) is 5.99. The number of rotatable bonds is 5. The predicted octanol–water partition coefficient (Wildman–Crippen LogP) is 0.611. The Kier molecular flexibility index (Phi) is 4.50.